The number of amides is 2. The van der Waals surface area contributed by atoms with Crippen molar-refractivity contribution in [1.82, 2.24) is 10.2 Å². The number of hydrogen-bond donors (Lipinski definition) is 1. The number of rotatable bonds is 7. The predicted molar refractivity (Wildman–Crippen MR) is 136 cm³/mol. The second kappa shape index (κ2) is 8.68. The maximum atomic E-state index is 13.8. The molecule has 1 heterocycles. The van der Waals surface area contributed by atoms with Crippen LogP contribution < -0.4 is 10.2 Å². The summed E-state index contributed by atoms with van der Waals surface area (Å²) >= 11 is 0. The average molecular weight is 482 g/mol. The van der Waals surface area contributed by atoms with E-state index in [4.69, 9.17) is 0 Å². The van der Waals surface area contributed by atoms with Crippen LogP contribution in [0.3, 0.4) is 0 Å². The molecule has 2 saturated carbocycles. The van der Waals surface area contributed by atoms with Crippen LogP contribution in [0.5, 0.6) is 0 Å². The zero-order chi connectivity index (χ0) is 24.0. The molecule has 7 heteroatoms. The number of carbonyl (C=O) groups excluding carboxylic acids is 1. The minimum absolute atomic E-state index is 0.0320. The molecule has 0 unspecified atom stereocenters. The molecular formula is C27H35N3O3S. The molecule has 1 N–H and O–H groups in total. The van der Waals surface area contributed by atoms with E-state index in [1.165, 1.54) is 24.7 Å². The van der Waals surface area contributed by atoms with Crippen molar-refractivity contribution in [3.8, 4) is 0 Å². The predicted octanol–water partition coefficient (Wildman–Crippen LogP) is 4.31. The fourth-order valence-corrected chi connectivity index (χ4v) is 6.81. The van der Waals surface area contributed by atoms with Gasteiger partial charge in [0, 0.05) is 24.0 Å². The standard InChI is InChI=1S/C27H35N3O3S/c1-28-27(23-9-4-3-5-10-23)16-14-26(15-17-27)20-29(25(31)30(26)18-21-12-13-21)24-11-7-6-8-22(24)19-34(2,32)33/h3-11,21,28H,12-20H2,1-2H3/t26-,27+. The third-order valence-electron chi connectivity index (χ3n) is 8.16. The molecule has 6 nitrogen and oxygen atoms in total. The number of nitrogens with one attached hydrogen (secondary N) is 1. The van der Waals surface area contributed by atoms with Crippen LogP contribution in [0.15, 0.2) is 54.6 Å². The van der Waals surface area contributed by atoms with Crippen LogP contribution in [-0.2, 0) is 21.1 Å². The van der Waals surface area contributed by atoms with Crippen LogP contribution in [-0.4, -0.2) is 51.3 Å². The molecule has 3 fully saturated rings. The Bertz CT molecular complexity index is 1150. The molecule has 0 atom stereocenters. The van der Waals surface area contributed by atoms with E-state index in [-0.39, 0.29) is 22.9 Å². The SMILES string of the molecule is CN[C@]1(c2ccccc2)CC[C@]2(CC1)CN(c1ccccc1CS(C)(=O)=O)C(=O)N2CC1CC1. The molecule has 2 aliphatic carbocycles. The highest BCUT2D eigenvalue weighted by Gasteiger charge is 2.55. The van der Waals surface area contributed by atoms with Gasteiger partial charge in [-0.15, -0.1) is 0 Å². The summed E-state index contributed by atoms with van der Waals surface area (Å²) in [5.74, 6) is 0.538. The number of nitrogens with zero attached hydrogens (tertiary/aromatic N) is 2. The summed E-state index contributed by atoms with van der Waals surface area (Å²) in [5, 5.41) is 3.61. The van der Waals surface area contributed by atoms with Gasteiger partial charge < -0.3 is 10.2 Å². The first kappa shape index (κ1) is 23.4. The summed E-state index contributed by atoms with van der Waals surface area (Å²) in [7, 11) is -1.17. The first-order chi connectivity index (χ1) is 16.3. The largest absolute Gasteiger partial charge is 0.325 e. The van der Waals surface area contributed by atoms with Crippen molar-refractivity contribution in [2.45, 2.75) is 55.4 Å². The lowest BCUT2D eigenvalue weighted by Gasteiger charge is -2.48. The zero-order valence-electron chi connectivity index (χ0n) is 20.2. The number of anilines is 1. The summed E-state index contributed by atoms with van der Waals surface area (Å²) < 4.78 is 24.2. The van der Waals surface area contributed by atoms with Crippen LogP contribution in [0, 0.1) is 5.92 Å². The summed E-state index contributed by atoms with van der Waals surface area (Å²) in [6.07, 6.45) is 7.39. The molecule has 182 valence electrons. The Morgan fingerprint density at radius 3 is 2.24 bits per heavy atom. The number of hydrogen-bond acceptors (Lipinski definition) is 4. The van der Waals surface area contributed by atoms with Crippen molar-refractivity contribution in [2.75, 3.05) is 31.3 Å². The summed E-state index contributed by atoms with van der Waals surface area (Å²) in [4.78, 5) is 17.9. The highest BCUT2D eigenvalue weighted by Crippen LogP contribution is 2.49. The Kier molecular flexibility index (Phi) is 5.97. The maximum Gasteiger partial charge on any atom is 0.325 e. The van der Waals surface area contributed by atoms with E-state index in [9.17, 15) is 13.2 Å². The Morgan fingerprint density at radius 1 is 0.971 bits per heavy atom. The number of carbonyl (C=O) groups is 1. The molecule has 2 aromatic carbocycles. The Morgan fingerprint density at radius 2 is 1.62 bits per heavy atom. The first-order valence-corrected chi connectivity index (χ1v) is 14.4. The van der Waals surface area contributed by atoms with Crippen molar-refractivity contribution >= 4 is 21.6 Å². The van der Waals surface area contributed by atoms with E-state index in [1.54, 1.807) is 0 Å². The normalized spacial score (nSPS) is 27.5. The fourth-order valence-electron chi connectivity index (χ4n) is 6.00. The summed E-state index contributed by atoms with van der Waals surface area (Å²) in [6, 6.07) is 18.2. The highest BCUT2D eigenvalue weighted by atomic mass is 32.2. The molecule has 2 aromatic rings. The smallest absolute Gasteiger partial charge is 0.317 e. The van der Waals surface area contributed by atoms with Crippen molar-refractivity contribution < 1.29 is 13.2 Å². The molecule has 0 radical (unpaired) electrons. The minimum atomic E-state index is -3.21. The number of urea groups is 1. The Labute approximate surface area is 203 Å². The van der Waals surface area contributed by atoms with Crippen LogP contribution in [0.1, 0.15) is 49.7 Å². The number of sulfone groups is 1. The first-order valence-electron chi connectivity index (χ1n) is 12.3. The van der Waals surface area contributed by atoms with E-state index in [0.29, 0.717) is 18.0 Å². The van der Waals surface area contributed by atoms with E-state index >= 15 is 0 Å². The average Bonchev–Trinajstić information content (AvgIpc) is 3.61. The second-order valence-electron chi connectivity index (χ2n) is 10.5. The lowest BCUT2D eigenvalue weighted by atomic mass is 9.69. The number of benzene rings is 2. The van der Waals surface area contributed by atoms with Gasteiger partial charge in [0.2, 0.25) is 0 Å². The van der Waals surface area contributed by atoms with Gasteiger partial charge in [0.05, 0.1) is 17.8 Å². The Hall–Kier alpha value is -2.38. The summed E-state index contributed by atoms with van der Waals surface area (Å²) in [6.45, 7) is 1.43. The van der Waals surface area contributed by atoms with Crippen LogP contribution in [0.2, 0.25) is 0 Å². The maximum absolute atomic E-state index is 13.8. The van der Waals surface area contributed by atoms with Crippen molar-refractivity contribution in [3.63, 3.8) is 0 Å². The van der Waals surface area contributed by atoms with Gasteiger partial charge in [0.1, 0.15) is 0 Å². The van der Waals surface area contributed by atoms with E-state index < -0.39 is 9.84 Å². The van der Waals surface area contributed by atoms with Gasteiger partial charge in [-0.05, 0) is 68.7 Å². The van der Waals surface area contributed by atoms with Gasteiger partial charge >= 0.3 is 6.03 Å². The molecule has 1 spiro atoms. The lowest BCUT2D eigenvalue weighted by molar-refractivity contribution is 0.0762. The third kappa shape index (κ3) is 4.36. The second-order valence-corrected chi connectivity index (χ2v) is 12.7. The van der Waals surface area contributed by atoms with Gasteiger partial charge in [-0.3, -0.25) is 4.90 Å². The molecular weight excluding hydrogens is 446 g/mol. The van der Waals surface area contributed by atoms with Gasteiger partial charge in [0.25, 0.3) is 0 Å². The van der Waals surface area contributed by atoms with Crippen LogP contribution in [0.4, 0.5) is 10.5 Å². The quantitative estimate of drug-likeness (QED) is 0.640. The van der Waals surface area contributed by atoms with E-state index in [1.807, 2.05) is 36.2 Å². The fraction of sp³-hybridized carbons (Fsp3) is 0.519. The molecule has 5 rings (SSSR count). The topological polar surface area (TPSA) is 69.7 Å². The van der Waals surface area contributed by atoms with Crippen molar-refractivity contribution in [2.24, 2.45) is 5.92 Å². The third-order valence-corrected chi connectivity index (χ3v) is 9.00. The minimum Gasteiger partial charge on any atom is -0.317 e. The molecule has 3 aliphatic rings. The van der Waals surface area contributed by atoms with E-state index in [2.05, 4.69) is 40.5 Å². The van der Waals surface area contributed by atoms with Crippen molar-refractivity contribution in [3.05, 3.63) is 65.7 Å². The van der Waals surface area contributed by atoms with Crippen molar-refractivity contribution in [1.29, 1.82) is 0 Å². The molecule has 0 aromatic heterocycles. The zero-order valence-corrected chi connectivity index (χ0v) is 21.0. The molecule has 34 heavy (non-hydrogen) atoms. The number of para-hydroxylation sites is 1. The lowest BCUT2D eigenvalue weighted by Crippen LogP contribution is -2.55. The Balaban J connectivity index is 1.46. The van der Waals surface area contributed by atoms with Gasteiger partial charge in [0.15, 0.2) is 9.84 Å². The van der Waals surface area contributed by atoms with E-state index in [0.717, 1.165) is 37.9 Å². The molecule has 1 aliphatic heterocycles. The molecule has 2 amide bonds. The molecule has 1 saturated heterocycles. The molecule has 0 bridgehead atoms. The van der Waals surface area contributed by atoms with Gasteiger partial charge in [-0.25, -0.2) is 13.2 Å². The monoisotopic (exact) mass is 481 g/mol. The summed E-state index contributed by atoms with van der Waals surface area (Å²) in [5.41, 5.74) is 2.45. The highest BCUT2D eigenvalue weighted by molar-refractivity contribution is 7.89. The van der Waals surface area contributed by atoms with Gasteiger partial charge in [-0.1, -0.05) is 48.5 Å². The van der Waals surface area contributed by atoms with Crippen LogP contribution in [0.25, 0.3) is 0 Å². The van der Waals surface area contributed by atoms with Gasteiger partial charge in [-0.2, -0.15) is 0 Å². The van der Waals surface area contributed by atoms with Crippen LogP contribution >= 0.6 is 0 Å².